The van der Waals surface area contributed by atoms with Crippen molar-refractivity contribution in [1.29, 1.82) is 0 Å². The maximum Gasteiger partial charge on any atom is 0.262 e. The fourth-order valence-electron chi connectivity index (χ4n) is 1.87. The van der Waals surface area contributed by atoms with E-state index in [2.05, 4.69) is 21.2 Å². The van der Waals surface area contributed by atoms with E-state index in [1.807, 2.05) is 19.1 Å². The summed E-state index contributed by atoms with van der Waals surface area (Å²) in [6, 6.07) is 12.0. The van der Waals surface area contributed by atoms with Crippen molar-refractivity contribution < 1.29 is 14.3 Å². The molecule has 0 saturated carbocycles. The van der Waals surface area contributed by atoms with Crippen LogP contribution in [0, 0.1) is 6.92 Å². The first kappa shape index (κ1) is 16.0. The maximum absolute atomic E-state index is 11.9. The van der Waals surface area contributed by atoms with E-state index < -0.39 is 5.91 Å². The van der Waals surface area contributed by atoms with E-state index >= 15 is 0 Å². The lowest BCUT2D eigenvalue weighted by Gasteiger charge is -2.10. The van der Waals surface area contributed by atoms with Gasteiger partial charge in [-0.3, -0.25) is 9.59 Å². The van der Waals surface area contributed by atoms with Crippen molar-refractivity contribution in [2.45, 2.75) is 6.92 Å². The van der Waals surface area contributed by atoms with E-state index in [4.69, 9.17) is 10.5 Å². The number of rotatable bonds is 5. The van der Waals surface area contributed by atoms with E-state index in [1.165, 1.54) is 6.07 Å². The largest absolute Gasteiger partial charge is 0.483 e. The third kappa shape index (κ3) is 4.33. The molecule has 0 radical (unpaired) electrons. The predicted molar refractivity (Wildman–Crippen MR) is 88.0 cm³/mol. The molecule has 6 heteroatoms. The summed E-state index contributed by atoms with van der Waals surface area (Å²) in [5.74, 6) is -0.217. The number of halogens is 1. The average molecular weight is 363 g/mol. The van der Waals surface area contributed by atoms with Gasteiger partial charge >= 0.3 is 0 Å². The van der Waals surface area contributed by atoms with Gasteiger partial charge < -0.3 is 15.8 Å². The predicted octanol–water partition coefficient (Wildman–Crippen LogP) is 2.87. The number of carbonyl (C=O) groups is 2. The van der Waals surface area contributed by atoms with Crippen molar-refractivity contribution in [3.05, 3.63) is 58.1 Å². The van der Waals surface area contributed by atoms with E-state index in [9.17, 15) is 9.59 Å². The normalized spacial score (nSPS) is 10.1. The first-order valence-electron chi connectivity index (χ1n) is 6.54. The minimum atomic E-state index is -0.544. The molecule has 0 saturated heterocycles. The van der Waals surface area contributed by atoms with Crippen LogP contribution in [0.15, 0.2) is 46.9 Å². The highest BCUT2D eigenvalue weighted by Crippen LogP contribution is 2.22. The first-order chi connectivity index (χ1) is 10.5. The Morgan fingerprint density at radius 2 is 2.00 bits per heavy atom. The van der Waals surface area contributed by atoms with E-state index in [0.29, 0.717) is 17.0 Å². The molecule has 0 aromatic heterocycles. The lowest BCUT2D eigenvalue weighted by molar-refractivity contribution is -0.118. The Bertz CT molecular complexity index is 716. The van der Waals surface area contributed by atoms with Gasteiger partial charge in [-0.05, 0) is 48.9 Å². The van der Waals surface area contributed by atoms with Crippen molar-refractivity contribution in [3.63, 3.8) is 0 Å². The number of anilines is 1. The number of nitrogens with one attached hydrogen (secondary N) is 1. The summed E-state index contributed by atoms with van der Waals surface area (Å²) in [5, 5.41) is 2.66. The van der Waals surface area contributed by atoms with E-state index in [1.54, 1.807) is 24.3 Å². The zero-order valence-electron chi connectivity index (χ0n) is 11.9. The molecule has 3 N–H and O–H groups in total. The quantitative estimate of drug-likeness (QED) is 0.857. The smallest absolute Gasteiger partial charge is 0.262 e. The highest BCUT2D eigenvalue weighted by Gasteiger charge is 2.07. The number of ether oxygens (including phenoxy) is 1. The Morgan fingerprint density at radius 1 is 1.23 bits per heavy atom. The van der Waals surface area contributed by atoms with Gasteiger partial charge in [0, 0.05) is 15.7 Å². The highest BCUT2D eigenvalue weighted by atomic mass is 79.9. The minimum absolute atomic E-state index is 0.122. The topological polar surface area (TPSA) is 81.4 Å². The molecule has 0 unspecified atom stereocenters. The van der Waals surface area contributed by atoms with Crippen LogP contribution in [-0.4, -0.2) is 18.4 Å². The fraction of sp³-hybridized carbons (Fsp3) is 0.125. The van der Waals surface area contributed by atoms with Crippen molar-refractivity contribution in [3.8, 4) is 5.75 Å². The summed E-state index contributed by atoms with van der Waals surface area (Å²) in [6.45, 7) is 1.78. The van der Waals surface area contributed by atoms with Gasteiger partial charge in [-0.25, -0.2) is 0 Å². The molecule has 114 valence electrons. The molecule has 2 aromatic rings. The molecule has 0 aliphatic carbocycles. The van der Waals surface area contributed by atoms with Crippen molar-refractivity contribution >= 4 is 33.4 Å². The number of carbonyl (C=O) groups excluding carboxylic acids is 2. The second-order valence-electron chi connectivity index (χ2n) is 4.69. The number of primary amides is 1. The number of amides is 2. The Balaban J connectivity index is 1.95. The van der Waals surface area contributed by atoms with Gasteiger partial charge in [0.2, 0.25) is 5.91 Å². The molecular formula is C16H15BrN2O3. The zero-order valence-corrected chi connectivity index (χ0v) is 13.5. The molecule has 0 fully saturated rings. The molecule has 0 spiro atoms. The monoisotopic (exact) mass is 362 g/mol. The lowest BCUT2D eigenvalue weighted by atomic mass is 10.2. The number of hydrogen-bond donors (Lipinski definition) is 2. The number of aryl methyl sites for hydroxylation is 1. The molecule has 2 rings (SSSR count). The van der Waals surface area contributed by atoms with Crippen molar-refractivity contribution in [2.75, 3.05) is 11.9 Å². The Morgan fingerprint density at radius 3 is 2.68 bits per heavy atom. The molecule has 2 amide bonds. The Kier molecular flexibility index (Phi) is 5.16. The van der Waals surface area contributed by atoms with Crippen LogP contribution < -0.4 is 15.8 Å². The van der Waals surface area contributed by atoms with Crippen LogP contribution >= 0.6 is 15.9 Å². The van der Waals surface area contributed by atoms with Crippen LogP contribution in [0.25, 0.3) is 0 Å². The van der Waals surface area contributed by atoms with Crippen LogP contribution in [0.3, 0.4) is 0 Å². The SMILES string of the molecule is Cc1cc(Br)ccc1OCC(=O)Nc1cccc(C(N)=O)c1. The van der Waals surface area contributed by atoms with E-state index in [-0.39, 0.29) is 12.5 Å². The van der Waals surface area contributed by atoms with Gasteiger partial charge in [0.25, 0.3) is 5.91 Å². The molecule has 0 heterocycles. The minimum Gasteiger partial charge on any atom is -0.483 e. The molecule has 22 heavy (non-hydrogen) atoms. The molecule has 0 aliphatic rings. The number of nitrogens with two attached hydrogens (primary N) is 1. The molecular weight excluding hydrogens is 348 g/mol. The third-order valence-electron chi connectivity index (χ3n) is 2.93. The van der Waals surface area contributed by atoms with Gasteiger partial charge in [-0.15, -0.1) is 0 Å². The second kappa shape index (κ2) is 7.09. The summed E-state index contributed by atoms with van der Waals surface area (Å²) in [5.41, 5.74) is 6.96. The Hall–Kier alpha value is -2.34. The van der Waals surface area contributed by atoms with Crippen LogP contribution in [0.4, 0.5) is 5.69 Å². The van der Waals surface area contributed by atoms with Gasteiger partial charge in [0.15, 0.2) is 6.61 Å². The van der Waals surface area contributed by atoms with Crippen LogP contribution in [0.5, 0.6) is 5.75 Å². The van der Waals surface area contributed by atoms with E-state index in [0.717, 1.165) is 10.0 Å². The standard InChI is InChI=1S/C16H15BrN2O3/c1-10-7-12(17)5-6-14(10)22-9-15(20)19-13-4-2-3-11(8-13)16(18)21/h2-8H,9H2,1H3,(H2,18,21)(H,19,20). The second-order valence-corrected chi connectivity index (χ2v) is 5.61. The molecule has 2 aromatic carbocycles. The fourth-order valence-corrected chi connectivity index (χ4v) is 2.34. The first-order valence-corrected chi connectivity index (χ1v) is 7.33. The van der Waals surface area contributed by atoms with Crippen molar-refractivity contribution in [2.24, 2.45) is 5.73 Å². The third-order valence-corrected chi connectivity index (χ3v) is 3.42. The number of benzene rings is 2. The summed E-state index contributed by atoms with van der Waals surface area (Å²) < 4.78 is 6.43. The zero-order chi connectivity index (χ0) is 16.1. The van der Waals surface area contributed by atoms with Gasteiger partial charge in [-0.2, -0.15) is 0 Å². The molecule has 0 atom stereocenters. The molecule has 5 nitrogen and oxygen atoms in total. The molecule has 0 bridgehead atoms. The number of hydrogen-bond acceptors (Lipinski definition) is 3. The summed E-state index contributed by atoms with van der Waals surface area (Å²) in [4.78, 5) is 23.0. The van der Waals surface area contributed by atoms with Gasteiger partial charge in [0.05, 0.1) is 0 Å². The molecule has 0 aliphatic heterocycles. The van der Waals surface area contributed by atoms with Crippen LogP contribution in [0.1, 0.15) is 15.9 Å². The van der Waals surface area contributed by atoms with Gasteiger partial charge in [0.1, 0.15) is 5.75 Å². The average Bonchev–Trinajstić information content (AvgIpc) is 2.46. The van der Waals surface area contributed by atoms with Crippen molar-refractivity contribution in [1.82, 2.24) is 0 Å². The highest BCUT2D eigenvalue weighted by molar-refractivity contribution is 9.10. The maximum atomic E-state index is 11.9. The van der Waals surface area contributed by atoms with Crippen LogP contribution in [0.2, 0.25) is 0 Å². The summed E-state index contributed by atoms with van der Waals surface area (Å²) in [6.07, 6.45) is 0. The Labute approximate surface area is 136 Å². The van der Waals surface area contributed by atoms with Gasteiger partial charge in [-0.1, -0.05) is 22.0 Å². The summed E-state index contributed by atoms with van der Waals surface area (Å²) in [7, 11) is 0. The lowest BCUT2D eigenvalue weighted by Crippen LogP contribution is -2.21. The van der Waals surface area contributed by atoms with Crippen LogP contribution in [-0.2, 0) is 4.79 Å². The summed E-state index contributed by atoms with van der Waals surface area (Å²) >= 11 is 3.37.